The molecule has 1 atom stereocenters. The summed E-state index contributed by atoms with van der Waals surface area (Å²) in [6, 6.07) is 7.18. The van der Waals surface area contributed by atoms with Crippen LogP contribution in [0.3, 0.4) is 0 Å². The Bertz CT molecular complexity index is 607. The molecular formula is C14H20N6O. The molecule has 1 aromatic heterocycles. The highest BCUT2D eigenvalue weighted by atomic mass is 16.2. The Morgan fingerprint density at radius 1 is 1.48 bits per heavy atom. The number of nitrogens with zero attached hydrogens (tertiary/aromatic N) is 3. The summed E-state index contributed by atoms with van der Waals surface area (Å²) in [5.41, 5.74) is 7.52. The number of aromatic nitrogens is 3. The summed E-state index contributed by atoms with van der Waals surface area (Å²) in [7, 11) is 1.87. The number of rotatable bonds is 5. The maximum Gasteiger partial charge on any atom is 0.319 e. The van der Waals surface area contributed by atoms with Gasteiger partial charge < -0.3 is 20.9 Å². The second kappa shape index (κ2) is 6.85. The maximum atomic E-state index is 11.8. The average molecular weight is 288 g/mol. The molecule has 2 amide bonds. The molecule has 0 aliphatic rings. The van der Waals surface area contributed by atoms with Gasteiger partial charge in [0.05, 0.1) is 0 Å². The van der Waals surface area contributed by atoms with E-state index in [2.05, 4.69) is 20.8 Å². The lowest BCUT2D eigenvalue weighted by molar-refractivity contribution is 0.252. The van der Waals surface area contributed by atoms with Crippen LogP contribution < -0.4 is 16.4 Å². The number of amides is 2. The van der Waals surface area contributed by atoms with Crippen molar-refractivity contribution in [2.24, 2.45) is 12.8 Å². The van der Waals surface area contributed by atoms with Crippen LogP contribution in [0.1, 0.15) is 24.4 Å². The fourth-order valence-electron chi connectivity index (χ4n) is 1.90. The molecule has 1 aromatic carbocycles. The molecule has 0 saturated carbocycles. The van der Waals surface area contributed by atoms with E-state index in [1.165, 1.54) is 0 Å². The van der Waals surface area contributed by atoms with E-state index < -0.39 is 0 Å². The van der Waals surface area contributed by atoms with Gasteiger partial charge in [0.1, 0.15) is 12.2 Å². The van der Waals surface area contributed by atoms with Crippen LogP contribution >= 0.6 is 0 Å². The summed E-state index contributed by atoms with van der Waals surface area (Å²) < 4.78 is 1.83. The third kappa shape index (κ3) is 4.28. The first kappa shape index (κ1) is 15.0. The molecule has 112 valence electrons. The van der Waals surface area contributed by atoms with Crippen molar-refractivity contribution in [1.82, 2.24) is 20.1 Å². The van der Waals surface area contributed by atoms with Crippen molar-refractivity contribution in [3.8, 4) is 0 Å². The number of nitrogens with two attached hydrogens (primary N) is 1. The summed E-state index contributed by atoms with van der Waals surface area (Å²) in [6.07, 6.45) is 2.26. The molecule has 0 spiro atoms. The number of urea groups is 1. The zero-order valence-electron chi connectivity index (χ0n) is 12.2. The van der Waals surface area contributed by atoms with Crippen LogP contribution in [0.25, 0.3) is 0 Å². The molecular weight excluding hydrogens is 268 g/mol. The molecule has 0 aliphatic carbocycles. The summed E-state index contributed by atoms with van der Waals surface area (Å²) in [4.78, 5) is 11.8. The summed E-state index contributed by atoms with van der Waals surface area (Å²) in [5.74, 6) is 0.828. The molecule has 1 heterocycles. The highest BCUT2D eigenvalue weighted by Gasteiger charge is 2.05. The number of hydrogen-bond acceptors (Lipinski definition) is 4. The van der Waals surface area contributed by atoms with E-state index in [9.17, 15) is 4.79 Å². The van der Waals surface area contributed by atoms with E-state index >= 15 is 0 Å². The summed E-state index contributed by atoms with van der Waals surface area (Å²) in [6.45, 7) is 2.39. The molecule has 0 fully saturated rings. The van der Waals surface area contributed by atoms with Crippen molar-refractivity contribution in [1.29, 1.82) is 0 Å². The molecule has 0 bridgehead atoms. The van der Waals surface area contributed by atoms with Crippen molar-refractivity contribution < 1.29 is 4.79 Å². The largest absolute Gasteiger partial charge is 0.337 e. The van der Waals surface area contributed by atoms with Crippen molar-refractivity contribution in [2.75, 3.05) is 11.9 Å². The van der Waals surface area contributed by atoms with Crippen molar-refractivity contribution in [3.63, 3.8) is 0 Å². The van der Waals surface area contributed by atoms with Gasteiger partial charge in [-0.05, 0) is 24.6 Å². The number of carbonyl (C=O) groups is 1. The van der Waals surface area contributed by atoms with Crippen LogP contribution in [0, 0.1) is 0 Å². The average Bonchev–Trinajstić information content (AvgIpc) is 2.85. The molecule has 2 rings (SSSR count). The number of carbonyl (C=O) groups excluding carboxylic acids is 1. The van der Waals surface area contributed by atoms with Gasteiger partial charge in [-0.1, -0.05) is 12.1 Å². The van der Waals surface area contributed by atoms with E-state index in [0.717, 1.165) is 17.1 Å². The van der Waals surface area contributed by atoms with Gasteiger partial charge in [0.15, 0.2) is 0 Å². The fourth-order valence-corrected chi connectivity index (χ4v) is 1.90. The standard InChI is InChI=1S/C14H20N6O/c1-10(15)11-4-3-5-12(8-11)18-14(21)16-7-6-13-19-17-9-20(13)2/h3-5,8-10H,6-7,15H2,1-2H3,(H2,16,18,21). The topological polar surface area (TPSA) is 97.9 Å². The van der Waals surface area contributed by atoms with Gasteiger partial charge in [0.2, 0.25) is 0 Å². The third-order valence-corrected chi connectivity index (χ3v) is 3.11. The SMILES string of the molecule is CC(N)c1cccc(NC(=O)NCCc2nncn2C)c1. The van der Waals surface area contributed by atoms with Crippen molar-refractivity contribution >= 4 is 11.7 Å². The smallest absolute Gasteiger partial charge is 0.319 e. The summed E-state index contributed by atoms with van der Waals surface area (Å²) in [5, 5.41) is 13.3. The molecule has 0 aliphatic heterocycles. The zero-order valence-corrected chi connectivity index (χ0v) is 12.2. The Balaban J connectivity index is 1.82. The minimum absolute atomic E-state index is 0.0641. The summed E-state index contributed by atoms with van der Waals surface area (Å²) >= 11 is 0. The van der Waals surface area contributed by atoms with E-state index in [4.69, 9.17) is 5.73 Å². The maximum absolute atomic E-state index is 11.8. The van der Waals surface area contributed by atoms with Crippen LogP contribution in [0.2, 0.25) is 0 Å². The number of nitrogens with one attached hydrogen (secondary N) is 2. The highest BCUT2D eigenvalue weighted by Crippen LogP contribution is 2.15. The number of anilines is 1. The predicted molar refractivity (Wildman–Crippen MR) is 80.8 cm³/mol. The Hall–Kier alpha value is -2.41. The quantitative estimate of drug-likeness (QED) is 0.770. The number of hydrogen-bond donors (Lipinski definition) is 3. The van der Waals surface area contributed by atoms with Crippen LogP contribution in [-0.2, 0) is 13.5 Å². The molecule has 7 nitrogen and oxygen atoms in total. The first-order valence-corrected chi connectivity index (χ1v) is 6.79. The number of benzene rings is 1. The molecule has 21 heavy (non-hydrogen) atoms. The Kier molecular flexibility index (Phi) is 4.89. The first-order valence-electron chi connectivity index (χ1n) is 6.79. The van der Waals surface area contributed by atoms with Gasteiger partial charge in [-0.2, -0.15) is 0 Å². The van der Waals surface area contributed by atoms with E-state index in [-0.39, 0.29) is 12.1 Å². The Morgan fingerprint density at radius 2 is 2.29 bits per heavy atom. The van der Waals surface area contributed by atoms with Crippen molar-refractivity contribution in [2.45, 2.75) is 19.4 Å². The lowest BCUT2D eigenvalue weighted by Gasteiger charge is -2.10. The van der Waals surface area contributed by atoms with E-state index in [1.807, 2.05) is 42.8 Å². The van der Waals surface area contributed by atoms with Crippen LogP contribution in [-0.4, -0.2) is 27.3 Å². The van der Waals surface area contributed by atoms with Gasteiger partial charge in [0, 0.05) is 31.7 Å². The van der Waals surface area contributed by atoms with E-state index in [1.54, 1.807) is 6.33 Å². The van der Waals surface area contributed by atoms with Gasteiger partial charge in [0.25, 0.3) is 0 Å². The molecule has 2 aromatic rings. The monoisotopic (exact) mass is 288 g/mol. The zero-order chi connectivity index (χ0) is 15.2. The molecule has 1 unspecified atom stereocenters. The van der Waals surface area contributed by atoms with Crippen LogP contribution in [0.4, 0.5) is 10.5 Å². The number of aryl methyl sites for hydroxylation is 1. The molecule has 4 N–H and O–H groups in total. The second-order valence-corrected chi connectivity index (χ2v) is 4.90. The van der Waals surface area contributed by atoms with Gasteiger partial charge in [-0.25, -0.2) is 4.79 Å². The van der Waals surface area contributed by atoms with Gasteiger partial charge in [-0.15, -0.1) is 10.2 Å². The van der Waals surface area contributed by atoms with E-state index in [0.29, 0.717) is 13.0 Å². The van der Waals surface area contributed by atoms with Gasteiger partial charge >= 0.3 is 6.03 Å². The van der Waals surface area contributed by atoms with Crippen molar-refractivity contribution in [3.05, 3.63) is 42.0 Å². The van der Waals surface area contributed by atoms with Gasteiger partial charge in [-0.3, -0.25) is 0 Å². The lowest BCUT2D eigenvalue weighted by Crippen LogP contribution is -2.30. The predicted octanol–water partition coefficient (Wildman–Crippen LogP) is 1.20. The molecule has 0 saturated heterocycles. The van der Waals surface area contributed by atoms with Crippen LogP contribution in [0.5, 0.6) is 0 Å². The third-order valence-electron chi connectivity index (χ3n) is 3.11. The Morgan fingerprint density at radius 3 is 2.95 bits per heavy atom. The minimum Gasteiger partial charge on any atom is -0.337 e. The second-order valence-electron chi connectivity index (χ2n) is 4.90. The molecule has 0 radical (unpaired) electrons. The highest BCUT2D eigenvalue weighted by molar-refractivity contribution is 5.89. The first-order chi connectivity index (χ1) is 10.1. The normalized spacial score (nSPS) is 12.0. The lowest BCUT2D eigenvalue weighted by atomic mass is 10.1. The minimum atomic E-state index is -0.251. The molecule has 7 heteroatoms. The fraction of sp³-hybridized carbons (Fsp3) is 0.357. The Labute approximate surface area is 123 Å². The van der Waals surface area contributed by atoms with Crippen LogP contribution in [0.15, 0.2) is 30.6 Å².